The summed E-state index contributed by atoms with van der Waals surface area (Å²) >= 11 is 0. The van der Waals surface area contributed by atoms with Gasteiger partial charge in [-0.3, -0.25) is 9.69 Å². The summed E-state index contributed by atoms with van der Waals surface area (Å²) in [4.78, 5) is 20.1. The largest absolute Gasteiger partial charge is 0.417 e. The van der Waals surface area contributed by atoms with Crippen molar-refractivity contribution in [2.24, 2.45) is 5.92 Å². The number of piperazine rings is 1. The summed E-state index contributed by atoms with van der Waals surface area (Å²) in [5, 5.41) is 12.2. The van der Waals surface area contributed by atoms with Gasteiger partial charge in [0.15, 0.2) is 0 Å². The lowest BCUT2D eigenvalue weighted by Gasteiger charge is -2.35. The van der Waals surface area contributed by atoms with Crippen molar-refractivity contribution in [3.8, 4) is 6.07 Å². The maximum atomic E-state index is 12.6. The summed E-state index contributed by atoms with van der Waals surface area (Å²) < 4.78 is 37.8. The maximum Gasteiger partial charge on any atom is 0.417 e. The molecule has 0 unspecified atom stereocenters. The summed E-state index contributed by atoms with van der Waals surface area (Å²) in [7, 11) is 0. The lowest BCUT2D eigenvalue weighted by molar-refractivity contribution is -0.137. The molecule has 3 rings (SSSR count). The SMILES string of the molecule is C[C@@](C#N)(NC(=O)CN1CCN(c2ccc(C(F)(F)F)cn2)CC1)C1CC1. The van der Waals surface area contributed by atoms with Crippen molar-refractivity contribution in [3.05, 3.63) is 23.9 Å². The van der Waals surface area contributed by atoms with E-state index < -0.39 is 17.3 Å². The molecule has 2 fully saturated rings. The number of carbonyl (C=O) groups excluding carboxylic acids is 1. The molecule has 0 radical (unpaired) electrons. The van der Waals surface area contributed by atoms with Gasteiger partial charge in [-0.2, -0.15) is 18.4 Å². The van der Waals surface area contributed by atoms with Crippen molar-refractivity contribution in [3.63, 3.8) is 0 Å². The van der Waals surface area contributed by atoms with Gasteiger partial charge in [-0.05, 0) is 37.8 Å². The first-order chi connectivity index (χ1) is 12.7. The van der Waals surface area contributed by atoms with E-state index in [4.69, 9.17) is 0 Å². The molecule has 1 N–H and O–H groups in total. The third kappa shape index (κ3) is 4.69. The highest BCUT2D eigenvalue weighted by atomic mass is 19.4. The van der Waals surface area contributed by atoms with Crippen LogP contribution in [0, 0.1) is 17.2 Å². The molecule has 1 saturated heterocycles. The number of amides is 1. The van der Waals surface area contributed by atoms with Gasteiger partial charge >= 0.3 is 6.18 Å². The molecule has 1 aliphatic heterocycles. The molecule has 27 heavy (non-hydrogen) atoms. The molecule has 1 amide bonds. The number of nitriles is 1. The predicted molar refractivity (Wildman–Crippen MR) is 92.8 cm³/mol. The highest BCUT2D eigenvalue weighted by Gasteiger charge is 2.43. The molecule has 2 heterocycles. The van der Waals surface area contributed by atoms with Crippen LogP contribution >= 0.6 is 0 Å². The molecule has 1 saturated carbocycles. The molecule has 6 nitrogen and oxygen atoms in total. The number of hydrogen-bond donors (Lipinski definition) is 1. The average Bonchev–Trinajstić information content (AvgIpc) is 3.47. The monoisotopic (exact) mass is 381 g/mol. The fraction of sp³-hybridized carbons (Fsp3) is 0.611. The van der Waals surface area contributed by atoms with Crippen LogP contribution < -0.4 is 10.2 Å². The van der Waals surface area contributed by atoms with E-state index in [0.29, 0.717) is 32.0 Å². The standard InChI is InChI=1S/C18H22F3N5O/c1-17(12-22,13-2-3-13)24-16(27)11-25-6-8-26(9-7-25)15-5-4-14(10-23-15)18(19,20)21/h4-5,10,13H,2-3,6-9,11H2,1H3,(H,24,27)/t17-/m0/s1. The van der Waals surface area contributed by atoms with Gasteiger partial charge in [-0.1, -0.05) is 0 Å². The molecule has 1 aromatic heterocycles. The lowest BCUT2D eigenvalue weighted by atomic mass is 9.98. The van der Waals surface area contributed by atoms with Gasteiger partial charge in [-0.25, -0.2) is 4.98 Å². The highest BCUT2D eigenvalue weighted by Crippen LogP contribution is 2.39. The van der Waals surface area contributed by atoms with Gasteiger partial charge in [0.05, 0.1) is 18.2 Å². The van der Waals surface area contributed by atoms with E-state index in [9.17, 15) is 23.2 Å². The number of anilines is 1. The van der Waals surface area contributed by atoms with E-state index in [-0.39, 0.29) is 18.4 Å². The summed E-state index contributed by atoms with van der Waals surface area (Å²) in [6, 6.07) is 4.61. The minimum atomic E-state index is -4.39. The van der Waals surface area contributed by atoms with E-state index in [1.165, 1.54) is 6.07 Å². The van der Waals surface area contributed by atoms with Gasteiger partial charge in [0.2, 0.25) is 5.91 Å². The molecule has 1 atom stereocenters. The van der Waals surface area contributed by atoms with Crippen LogP contribution in [0.15, 0.2) is 18.3 Å². The highest BCUT2D eigenvalue weighted by molar-refractivity contribution is 5.79. The third-order valence-corrected chi connectivity index (χ3v) is 5.16. The van der Waals surface area contributed by atoms with Gasteiger partial charge in [-0.15, -0.1) is 0 Å². The summed E-state index contributed by atoms with van der Waals surface area (Å²) in [6.45, 7) is 4.31. The number of rotatable bonds is 5. The van der Waals surface area contributed by atoms with Crippen LogP contribution in [-0.2, 0) is 11.0 Å². The van der Waals surface area contributed by atoms with Crippen LogP contribution in [0.1, 0.15) is 25.3 Å². The smallest absolute Gasteiger partial charge is 0.354 e. The van der Waals surface area contributed by atoms with E-state index in [1.807, 2.05) is 9.80 Å². The predicted octanol–water partition coefficient (Wildman–Crippen LogP) is 2.03. The minimum absolute atomic E-state index is 0.174. The zero-order chi connectivity index (χ0) is 19.7. The molecule has 0 bridgehead atoms. The Bertz CT molecular complexity index is 718. The zero-order valence-corrected chi connectivity index (χ0v) is 15.1. The number of pyridine rings is 1. The van der Waals surface area contributed by atoms with E-state index in [1.54, 1.807) is 6.92 Å². The van der Waals surface area contributed by atoms with Gasteiger partial charge < -0.3 is 10.2 Å². The fourth-order valence-corrected chi connectivity index (χ4v) is 3.29. The van der Waals surface area contributed by atoms with Gasteiger partial charge in [0.25, 0.3) is 0 Å². The molecule has 9 heteroatoms. The number of nitrogens with one attached hydrogen (secondary N) is 1. The number of hydrogen-bond acceptors (Lipinski definition) is 5. The van der Waals surface area contributed by atoms with Crippen molar-refractivity contribution < 1.29 is 18.0 Å². The molecular formula is C18H22F3N5O. The first-order valence-corrected chi connectivity index (χ1v) is 8.94. The Morgan fingerprint density at radius 3 is 2.44 bits per heavy atom. The summed E-state index contributed by atoms with van der Waals surface area (Å²) in [6.07, 6.45) is -1.63. The van der Waals surface area contributed by atoms with Crippen molar-refractivity contribution in [1.29, 1.82) is 5.26 Å². The summed E-state index contributed by atoms with van der Waals surface area (Å²) in [5.74, 6) is 0.555. The van der Waals surface area contributed by atoms with Gasteiger partial charge in [0, 0.05) is 32.4 Å². The number of alkyl halides is 3. The van der Waals surface area contributed by atoms with Gasteiger partial charge in [0.1, 0.15) is 11.4 Å². The Balaban J connectivity index is 1.49. The Kier molecular flexibility index (Phi) is 5.29. The minimum Gasteiger partial charge on any atom is -0.354 e. The molecule has 1 aromatic rings. The van der Waals surface area contributed by atoms with Crippen molar-refractivity contribution in [2.75, 3.05) is 37.6 Å². The third-order valence-electron chi connectivity index (χ3n) is 5.16. The van der Waals surface area contributed by atoms with Crippen molar-refractivity contribution in [1.82, 2.24) is 15.2 Å². The Hall–Kier alpha value is -2.34. The van der Waals surface area contributed by atoms with E-state index in [0.717, 1.165) is 25.1 Å². The first-order valence-electron chi connectivity index (χ1n) is 8.94. The zero-order valence-electron chi connectivity index (χ0n) is 15.1. The quantitative estimate of drug-likeness (QED) is 0.845. The normalized spacial score (nSPS) is 20.6. The Labute approximate surface area is 156 Å². The molecule has 0 aromatic carbocycles. The Morgan fingerprint density at radius 2 is 1.96 bits per heavy atom. The molecule has 146 valence electrons. The fourth-order valence-electron chi connectivity index (χ4n) is 3.29. The van der Waals surface area contributed by atoms with Crippen LogP contribution in [0.5, 0.6) is 0 Å². The van der Waals surface area contributed by atoms with Crippen LogP contribution in [0.4, 0.5) is 19.0 Å². The van der Waals surface area contributed by atoms with Crippen LogP contribution in [0.25, 0.3) is 0 Å². The second-order valence-corrected chi connectivity index (χ2v) is 7.30. The van der Waals surface area contributed by atoms with E-state index >= 15 is 0 Å². The number of carbonyl (C=O) groups is 1. The van der Waals surface area contributed by atoms with Crippen molar-refractivity contribution in [2.45, 2.75) is 31.5 Å². The summed E-state index contributed by atoms with van der Waals surface area (Å²) in [5.41, 5.74) is -1.57. The van der Waals surface area contributed by atoms with Crippen LogP contribution in [0.2, 0.25) is 0 Å². The number of nitrogens with zero attached hydrogens (tertiary/aromatic N) is 4. The second kappa shape index (κ2) is 7.35. The topological polar surface area (TPSA) is 72.3 Å². The molecule has 1 aliphatic carbocycles. The van der Waals surface area contributed by atoms with E-state index in [2.05, 4.69) is 16.4 Å². The maximum absolute atomic E-state index is 12.6. The molecule has 0 spiro atoms. The van der Waals surface area contributed by atoms with Crippen LogP contribution in [-0.4, -0.2) is 54.1 Å². The lowest BCUT2D eigenvalue weighted by Crippen LogP contribution is -2.53. The van der Waals surface area contributed by atoms with Crippen LogP contribution in [0.3, 0.4) is 0 Å². The molecular weight excluding hydrogens is 359 g/mol. The number of aromatic nitrogens is 1. The second-order valence-electron chi connectivity index (χ2n) is 7.30. The Morgan fingerprint density at radius 1 is 1.30 bits per heavy atom. The first kappa shape index (κ1) is 19.4. The molecule has 2 aliphatic rings. The number of halogens is 3. The van der Waals surface area contributed by atoms with Crippen molar-refractivity contribution >= 4 is 11.7 Å². The average molecular weight is 381 g/mol.